The van der Waals surface area contributed by atoms with Crippen LogP contribution in [0.3, 0.4) is 0 Å². The van der Waals surface area contributed by atoms with Crippen LogP contribution in [0, 0.1) is 0 Å². The van der Waals surface area contributed by atoms with Crippen LogP contribution < -0.4 is 5.32 Å². The third-order valence-corrected chi connectivity index (χ3v) is 5.50. The van der Waals surface area contributed by atoms with Crippen molar-refractivity contribution in [2.45, 2.75) is 62.9 Å². The quantitative estimate of drug-likeness (QED) is 0.720. The lowest BCUT2D eigenvalue weighted by atomic mass is 9.81. The molecule has 138 valence electrons. The molecule has 2 N–H and O–H groups in total. The van der Waals surface area contributed by atoms with Crippen LogP contribution >= 0.6 is 0 Å². The summed E-state index contributed by atoms with van der Waals surface area (Å²) in [5.41, 5.74) is 2.73. The highest BCUT2D eigenvalue weighted by molar-refractivity contribution is 5.66. The van der Waals surface area contributed by atoms with E-state index in [-0.39, 0.29) is 12.5 Å². The van der Waals surface area contributed by atoms with Gasteiger partial charge in [0.1, 0.15) is 0 Å². The Morgan fingerprint density at radius 1 is 0.962 bits per heavy atom. The monoisotopic (exact) mass is 351 g/mol. The van der Waals surface area contributed by atoms with Crippen molar-refractivity contribution in [3.63, 3.8) is 0 Å². The Labute approximate surface area is 156 Å². The number of nitrogens with one attached hydrogen (secondary N) is 1. The highest BCUT2D eigenvalue weighted by Gasteiger charge is 2.24. The molecule has 0 aromatic heterocycles. The molecular formula is C23H29NO2. The molecule has 1 fully saturated rings. The molecule has 0 spiro atoms. The van der Waals surface area contributed by atoms with Gasteiger partial charge in [-0.15, -0.1) is 0 Å². The molecule has 1 unspecified atom stereocenters. The lowest BCUT2D eigenvalue weighted by Crippen LogP contribution is -2.41. The van der Waals surface area contributed by atoms with Gasteiger partial charge >= 0.3 is 5.97 Å². The van der Waals surface area contributed by atoms with Gasteiger partial charge in [-0.3, -0.25) is 4.79 Å². The van der Waals surface area contributed by atoms with Crippen LogP contribution in [-0.4, -0.2) is 23.2 Å². The van der Waals surface area contributed by atoms with Crippen LogP contribution in [0.2, 0.25) is 0 Å². The minimum Gasteiger partial charge on any atom is -0.481 e. The van der Waals surface area contributed by atoms with Gasteiger partial charge in [0.15, 0.2) is 0 Å². The summed E-state index contributed by atoms with van der Waals surface area (Å²) in [6.07, 6.45) is 6.55. The van der Waals surface area contributed by atoms with E-state index >= 15 is 0 Å². The van der Waals surface area contributed by atoms with Gasteiger partial charge in [0, 0.05) is 18.5 Å². The van der Waals surface area contributed by atoms with Gasteiger partial charge in [0.2, 0.25) is 0 Å². The number of hydrogen-bond acceptors (Lipinski definition) is 2. The number of rotatable bonds is 8. The van der Waals surface area contributed by atoms with Gasteiger partial charge < -0.3 is 10.4 Å². The SMILES string of the molecule is O=C(O)CCC(Cc1ccccc1)NC1CCC(c2ccccc2)CC1. The number of carboxylic acid groups (broad SMARTS) is 1. The van der Waals surface area contributed by atoms with Crippen molar-refractivity contribution in [1.29, 1.82) is 0 Å². The van der Waals surface area contributed by atoms with E-state index < -0.39 is 5.97 Å². The Morgan fingerprint density at radius 3 is 2.19 bits per heavy atom. The summed E-state index contributed by atoms with van der Waals surface area (Å²) in [5, 5.41) is 12.8. The predicted molar refractivity (Wildman–Crippen MR) is 105 cm³/mol. The van der Waals surface area contributed by atoms with Gasteiger partial charge in [-0.2, -0.15) is 0 Å². The molecule has 1 saturated carbocycles. The van der Waals surface area contributed by atoms with Crippen molar-refractivity contribution >= 4 is 5.97 Å². The van der Waals surface area contributed by atoms with Crippen molar-refractivity contribution < 1.29 is 9.90 Å². The van der Waals surface area contributed by atoms with Crippen molar-refractivity contribution in [2.24, 2.45) is 0 Å². The predicted octanol–water partition coefficient (Wildman–Crippen LogP) is 4.78. The van der Waals surface area contributed by atoms with Crippen LogP contribution in [0.5, 0.6) is 0 Å². The standard InChI is InChI=1S/C23H29NO2/c25-23(26)16-15-22(17-18-7-3-1-4-8-18)24-21-13-11-20(12-14-21)19-9-5-2-6-10-19/h1-10,20-22,24H,11-17H2,(H,25,26). The Balaban J connectivity index is 1.54. The molecule has 0 saturated heterocycles. The van der Waals surface area contributed by atoms with Crippen LogP contribution in [0.25, 0.3) is 0 Å². The minimum absolute atomic E-state index is 0.226. The molecule has 0 radical (unpaired) electrons. The maximum Gasteiger partial charge on any atom is 0.303 e. The molecule has 0 bridgehead atoms. The molecule has 1 aliphatic carbocycles. The molecule has 0 heterocycles. The molecule has 2 aromatic carbocycles. The summed E-state index contributed by atoms with van der Waals surface area (Å²) < 4.78 is 0. The van der Waals surface area contributed by atoms with Gasteiger partial charge in [-0.1, -0.05) is 60.7 Å². The average molecular weight is 351 g/mol. The molecule has 3 rings (SSSR count). The van der Waals surface area contributed by atoms with E-state index in [0.717, 1.165) is 19.3 Å². The number of benzene rings is 2. The number of aliphatic carboxylic acids is 1. The number of carbonyl (C=O) groups is 1. The topological polar surface area (TPSA) is 49.3 Å². The molecule has 0 amide bonds. The van der Waals surface area contributed by atoms with Gasteiger partial charge in [0.25, 0.3) is 0 Å². The van der Waals surface area contributed by atoms with Crippen molar-refractivity contribution in [3.8, 4) is 0 Å². The molecule has 0 aliphatic heterocycles. The van der Waals surface area contributed by atoms with Crippen molar-refractivity contribution in [3.05, 3.63) is 71.8 Å². The van der Waals surface area contributed by atoms with E-state index in [1.54, 1.807) is 0 Å². The largest absolute Gasteiger partial charge is 0.481 e. The summed E-state index contributed by atoms with van der Waals surface area (Å²) >= 11 is 0. The molecular weight excluding hydrogens is 322 g/mol. The van der Waals surface area contributed by atoms with Crippen molar-refractivity contribution in [1.82, 2.24) is 5.32 Å². The van der Waals surface area contributed by atoms with E-state index in [9.17, 15) is 4.79 Å². The lowest BCUT2D eigenvalue weighted by molar-refractivity contribution is -0.137. The van der Waals surface area contributed by atoms with Crippen LogP contribution in [0.15, 0.2) is 60.7 Å². The number of carboxylic acids is 1. The summed E-state index contributed by atoms with van der Waals surface area (Å²) in [6, 6.07) is 21.9. The van der Waals surface area contributed by atoms with Crippen LogP contribution in [0.4, 0.5) is 0 Å². The van der Waals surface area contributed by atoms with Crippen LogP contribution in [0.1, 0.15) is 55.6 Å². The summed E-state index contributed by atoms with van der Waals surface area (Å²) in [7, 11) is 0. The highest BCUT2D eigenvalue weighted by atomic mass is 16.4. The Kier molecular flexibility index (Phi) is 6.84. The second kappa shape index (κ2) is 9.54. The summed E-state index contributed by atoms with van der Waals surface area (Å²) in [5.74, 6) is -0.0431. The van der Waals surface area contributed by atoms with E-state index in [4.69, 9.17) is 5.11 Å². The third kappa shape index (κ3) is 5.70. The maximum absolute atomic E-state index is 11.0. The first kappa shape index (κ1) is 18.7. The Morgan fingerprint density at radius 2 is 1.58 bits per heavy atom. The fourth-order valence-electron chi connectivity index (χ4n) is 4.09. The normalized spacial score (nSPS) is 21.2. The Bertz CT molecular complexity index is 663. The fraction of sp³-hybridized carbons (Fsp3) is 0.435. The molecule has 1 atom stereocenters. The van der Waals surface area contributed by atoms with E-state index in [0.29, 0.717) is 18.4 Å². The molecule has 3 nitrogen and oxygen atoms in total. The number of hydrogen-bond donors (Lipinski definition) is 2. The zero-order valence-electron chi connectivity index (χ0n) is 15.3. The summed E-state index contributed by atoms with van der Waals surface area (Å²) in [4.78, 5) is 11.0. The van der Waals surface area contributed by atoms with Crippen LogP contribution in [-0.2, 0) is 11.2 Å². The molecule has 3 heteroatoms. The van der Waals surface area contributed by atoms with E-state index in [1.165, 1.54) is 24.0 Å². The summed E-state index contributed by atoms with van der Waals surface area (Å²) in [6.45, 7) is 0. The second-order valence-electron chi connectivity index (χ2n) is 7.44. The first-order chi connectivity index (χ1) is 12.7. The highest BCUT2D eigenvalue weighted by Crippen LogP contribution is 2.33. The molecule has 2 aromatic rings. The minimum atomic E-state index is -0.711. The average Bonchev–Trinajstić information content (AvgIpc) is 2.68. The first-order valence-corrected chi connectivity index (χ1v) is 9.77. The third-order valence-electron chi connectivity index (χ3n) is 5.50. The molecule has 1 aliphatic rings. The second-order valence-corrected chi connectivity index (χ2v) is 7.44. The van der Waals surface area contributed by atoms with Gasteiger partial charge in [0.05, 0.1) is 0 Å². The zero-order valence-corrected chi connectivity index (χ0v) is 15.3. The Hall–Kier alpha value is -2.13. The van der Waals surface area contributed by atoms with E-state index in [2.05, 4.69) is 59.9 Å². The maximum atomic E-state index is 11.0. The first-order valence-electron chi connectivity index (χ1n) is 9.77. The van der Waals surface area contributed by atoms with Crippen molar-refractivity contribution in [2.75, 3.05) is 0 Å². The van der Waals surface area contributed by atoms with Gasteiger partial charge in [-0.25, -0.2) is 0 Å². The van der Waals surface area contributed by atoms with Gasteiger partial charge in [-0.05, 0) is 55.6 Å². The molecule has 26 heavy (non-hydrogen) atoms. The lowest BCUT2D eigenvalue weighted by Gasteiger charge is -2.32. The smallest absolute Gasteiger partial charge is 0.303 e. The zero-order chi connectivity index (χ0) is 18.2. The fourth-order valence-corrected chi connectivity index (χ4v) is 4.09. The van der Waals surface area contributed by atoms with E-state index in [1.807, 2.05) is 6.07 Å².